The fourth-order valence-corrected chi connectivity index (χ4v) is 3.09. The number of rotatable bonds is 2. The van der Waals surface area contributed by atoms with Crippen LogP contribution >= 0.6 is 22.6 Å². The maximum absolute atomic E-state index is 13.1. The lowest BCUT2D eigenvalue weighted by atomic mass is 10.1. The molecule has 2 fully saturated rings. The normalized spacial score (nSPS) is 23.5. The molecule has 1 aromatic rings. The molecule has 6 heteroatoms. The molecule has 19 heavy (non-hydrogen) atoms. The monoisotopic (exact) mass is 374 g/mol. The first-order valence-corrected chi connectivity index (χ1v) is 7.20. The highest BCUT2D eigenvalue weighted by molar-refractivity contribution is 14.1. The number of amides is 2. The number of carbonyl (C=O) groups is 2. The zero-order chi connectivity index (χ0) is 13.6. The Morgan fingerprint density at radius 2 is 2.05 bits per heavy atom. The number of hydrogen-bond acceptors (Lipinski definition) is 2. The van der Waals surface area contributed by atoms with Crippen molar-refractivity contribution in [1.29, 1.82) is 0 Å². The quantitative estimate of drug-likeness (QED) is 0.801. The van der Waals surface area contributed by atoms with Gasteiger partial charge in [0.25, 0.3) is 0 Å². The number of anilines is 1. The van der Waals surface area contributed by atoms with E-state index in [4.69, 9.17) is 0 Å². The fourth-order valence-electron chi connectivity index (χ4n) is 2.32. The van der Waals surface area contributed by atoms with E-state index >= 15 is 0 Å². The summed E-state index contributed by atoms with van der Waals surface area (Å²) in [5.41, 5.74) is 0.604. The smallest absolute Gasteiger partial charge is 0.250 e. The summed E-state index contributed by atoms with van der Waals surface area (Å²) >= 11 is 1.98. The Morgan fingerprint density at radius 1 is 1.32 bits per heavy atom. The van der Waals surface area contributed by atoms with Crippen LogP contribution in [0.5, 0.6) is 0 Å². The number of benzene rings is 1. The summed E-state index contributed by atoms with van der Waals surface area (Å²) in [4.78, 5) is 25.6. The van der Waals surface area contributed by atoms with Crippen molar-refractivity contribution in [2.45, 2.75) is 18.9 Å². The Hall–Kier alpha value is -1.18. The Balaban J connectivity index is 1.93. The lowest BCUT2D eigenvalue weighted by Crippen LogP contribution is -2.59. The summed E-state index contributed by atoms with van der Waals surface area (Å²) in [7, 11) is 0. The van der Waals surface area contributed by atoms with E-state index in [9.17, 15) is 14.0 Å². The molecule has 1 heterocycles. The van der Waals surface area contributed by atoms with E-state index in [1.807, 2.05) is 22.6 Å². The predicted molar refractivity (Wildman–Crippen MR) is 76.1 cm³/mol. The molecule has 2 aliphatic rings. The van der Waals surface area contributed by atoms with Crippen molar-refractivity contribution in [3.63, 3.8) is 0 Å². The van der Waals surface area contributed by atoms with Gasteiger partial charge in [-0.05, 0) is 59.5 Å². The van der Waals surface area contributed by atoms with Crippen molar-refractivity contribution in [2.24, 2.45) is 5.92 Å². The molecule has 1 aliphatic carbocycles. The van der Waals surface area contributed by atoms with E-state index in [1.165, 1.54) is 17.0 Å². The average molecular weight is 374 g/mol. The van der Waals surface area contributed by atoms with Gasteiger partial charge < -0.3 is 10.2 Å². The molecule has 1 saturated heterocycles. The molecule has 1 aromatic carbocycles. The highest BCUT2D eigenvalue weighted by atomic mass is 127. The molecule has 1 saturated carbocycles. The molecule has 2 amide bonds. The van der Waals surface area contributed by atoms with Crippen molar-refractivity contribution in [3.05, 3.63) is 27.6 Å². The van der Waals surface area contributed by atoms with Crippen LogP contribution in [0.4, 0.5) is 10.1 Å². The summed E-state index contributed by atoms with van der Waals surface area (Å²) in [5, 5.41) is 2.75. The molecule has 0 bridgehead atoms. The van der Waals surface area contributed by atoms with Gasteiger partial charge in [-0.1, -0.05) is 0 Å². The number of nitrogens with one attached hydrogen (secondary N) is 1. The van der Waals surface area contributed by atoms with Gasteiger partial charge in [-0.25, -0.2) is 4.39 Å². The van der Waals surface area contributed by atoms with E-state index in [0.717, 1.165) is 12.8 Å². The first-order chi connectivity index (χ1) is 9.06. The minimum Gasteiger partial charge on any atom is -0.342 e. The van der Waals surface area contributed by atoms with Crippen LogP contribution in [0.15, 0.2) is 18.2 Å². The third-order valence-corrected chi connectivity index (χ3v) is 4.31. The Bertz CT molecular complexity index is 560. The van der Waals surface area contributed by atoms with Crippen molar-refractivity contribution in [3.8, 4) is 0 Å². The molecule has 1 atom stereocenters. The van der Waals surface area contributed by atoms with Crippen LogP contribution in [0.2, 0.25) is 0 Å². The highest BCUT2D eigenvalue weighted by Gasteiger charge is 2.43. The molecule has 100 valence electrons. The van der Waals surface area contributed by atoms with Crippen molar-refractivity contribution in [1.82, 2.24) is 5.32 Å². The largest absolute Gasteiger partial charge is 0.342 e. The van der Waals surface area contributed by atoms with Gasteiger partial charge in [0, 0.05) is 3.57 Å². The zero-order valence-corrected chi connectivity index (χ0v) is 12.2. The zero-order valence-electron chi connectivity index (χ0n) is 10.0. The Labute approximate surface area is 123 Å². The second kappa shape index (κ2) is 4.73. The fraction of sp³-hybridized carbons (Fsp3) is 0.385. The number of nitrogens with zero attached hydrogens (tertiary/aromatic N) is 1. The molecular formula is C13H12FIN2O2. The van der Waals surface area contributed by atoms with Crippen LogP contribution in [0.25, 0.3) is 0 Å². The number of hydrogen-bond donors (Lipinski definition) is 1. The average Bonchev–Trinajstić information content (AvgIpc) is 3.16. The number of halogens is 2. The minimum atomic E-state index is -0.415. The van der Waals surface area contributed by atoms with Crippen molar-refractivity contribution < 1.29 is 14.0 Å². The highest BCUT2D eigenvalue weighted by Crippen LogP contribution is 2.35. The SMILES string of the molecule is O=C1CN(c2ccc(F)cc2I)C(=O)C(C2CC2)N1. The van der Waals surface area contributed by atoms with Gasteiger partial charge in [-0.15, -0.1) is 0 Å². The number of piperazine rings is 1. The molecule has 0 aromatic heterocycles. The summed E-state index contributed by atoms with van der Waals surface area (Å²) in [6, 6.07) is 3.81. The van der Waals surface area contributed by atoms with E-state index in [1.54, 1.807) is 6.07 Å². The van der Waals surface area contributed by atoms with Crippen LogP contribution in [0.3, 0.4) is 0 Å². The topological polar surface area (TPSA) is 49.4 Å². The second-order valence-corrected chi connectivity index (χ2v) is 6.06. The molecule has 1 aliphatic heterocycles. The maximum Gasteiger partial charge on any atom is 0.250 e. The van der Waals surface area contributed by atoms with E-state index < -0.39 is 6.04 Å². The van der Waals surface area contributed by atoms with Crippen molar-refractivity contribution >= 4 is 40.1 Å². The molecule has 4 nitrogen and oxygen atoms in total. The van der Waals surface area contributed by atoms with Crippen LogP contribution in [0, 0.1) is 15.3 Å². The van der Waals surface area contributed by atoms with Crippen LogP contribution in [0.1, 0.15) is 12.8 Å². The Morgan fingerprint density at radius 3 is 2.68 bits per heavy atom. The van der Waals surface area contributed by atoms with Crippen LogP contribution in [-0.2, 0) is 9.59 Å². The molecular weight excluding hydrogens is 362 g/mol. The van der Waals surface area contributed by atoms with Crippen LogP contribution in [-0.4, -0.2) is 24.4 Å². The minimum absolute atomic E-state index is 0.00366. The lowest BCUT2D eigenvalue weighted by molar-refractivity contribution is -0.131. The molecule has 3 rings (SSSR count). The van der Waals surface area contributed by atoms with Crippen molar-refractivity contribution in [2.75, 3.05) is 11.4 Å². The Kier molecular flexibility index (Phi) is 3.20. The molecule has 0 radical (unpaired) electrons. The maximum atomic E-state index is 13.1. The van der Waals surface area contributed by atoms with Gasteiger partial charge in [-0.3, -0.25) is 9.59 Å². The summed E-state index contributed by atoms with van der Waals surface area (Å²) < 4.78 is 13.8. The van der Waals surface area contributed by atoms with Crippen LogP contribution < -0.4 is 10.2 Å². The van der Waals surface area contributed by atoms with Gasteiger partial charge >= 0.3 is 0 Å². The lowest BCUT2D eigenvalue weighted by Gasteiger charge is -2.33. The summed E-state index contributed by atoms with van der Waals surface area (Å²) in [6.45, 7) is 0.00366. The third kappa shape index (κ3) is 2.45. The van der Waals surface area contributed by atoms with E-state index in [2.05, 4.69) is 5.32 Å². The molecule has 0 spiro atoms. The van der Waals surface area contributed by atoms with Gasteiger partial charge in [0.05, 0.1) is 5.69 Å². The van der Waals surface area contributed by atoms with E-state index in [-0.39, 0.29) is 30.1 Å². The standard InChI is InChI=1S/C13H12FIN2O2/c14-8-3-4-10(9(15)5-8)17-6-11(18)16-12(13(17)19)7-1-2-7/h3-5,7,12H,1-2,6H2,(H,16,18). The predicted octanol–water partition coefficient (Wildman–Crippen LogP) is 1.67. The summed E-state index contributed by atoms with van der Waals surface area (Å²) in [5.74, 6) is -0.332. The third-order valence-electron chi connectivity index (χ3n) is 3.44. The molecule has 1 unspecified atom stereocenters. The first-order valence-electron chi connectivity index (χ1n) is 6.12. The van der Waals surface area contributed by atoms with Gasteiger partial charge in [-0.2, -0.15) is 0 Å². The number of carbonyl (C=O) groups excluding carboxylic acids is 2. The second-order valence-electron chi connectivity index (χ2n) is 4.90. The summed E-state index contributed by atoms with van der Waals surface area (Å²) in [6.07, 6.45) is 1.95. The van der Waals surface area contributed by atoms with Gasteiger partial charge in [0.2, 0.25) is 11.8 Å². The molecule has 1 N–H and O–H groups in total. The van der Waals surface area contributed by atoms with E-state index in [0.29, 0.717) is 9.26 Å². The van der Waals surface area contributed by atoms with Gasteiger partial charge in [0.1, 0.15) is 18.4 Å². The first kappa shape index (κ1) is 12.8. The van der Waals surface area contributed by atoms with Gasteiger partial charge in [0.15, 0.2) is 0 Å².